The summed E-state index contributed by atoms with van der Waals surface area (Å²) >= 11 is 0. The molecule has 0 spiro atoms. The van der Waals surface area contributed by atoms with Crippen LogP contribution in [0.3, 0.4) is 0 Å². The second-order valence-corrected chi connectivity index (χ2v) is 9.97. The fourth-order valence-electron chi connectivity index (χ4n) is 5.22. The van der Waals surface area contributed by atoms with Crippen LogP contribution in [0.5, 0.6) is 0 Å². The lowest BCUT2D eigenvalue weighted by Gasteiger charge is -2.31. The molecule has 0 atom stereocenters. The van der Waals surface area contributed by atoms with Crippen molar-refractivity contribution in [3.8, 4) is 0 Å². The monoisotopic (exact) mass is 525 g/mol. The lowest BCUT2D eigenvalue weighted by atomic mass is 10.1. The van der Waals surface area contributed by atoms with E-state index in [1.807, 2.05) is 82.7 Å². The number of para-hydroxylation sites is 2. The molecule has 5 rings (SSSR count). The Balaban J connectivity index is 1.36. The molecule has 2 aromatic carbocycles. The molecule has 0 saturated carbocycles. The van der Waals surface area contributed by atoms with Gasteiger partial charge >= 0.3 is 0 Å². The van der Waals surface area contributed by atoms with Crippen molar-refractivity contribution >= 4 is 28.5 Å². The molecule has 0 saturated heterocycles. The molecule has 0 bridgehead atoms. The summed E-state index contributed by atoms with van der Waals surface area (Å²) in [7, 11) is 0. The number of hydrogen-bond acceptors (Lipinski definition) is 6. The van der Waals surface area contributed by atoms with Crippen LogP contribution in [0, 0.1) is 0 Å². The van der Waals surface area contributed by atoms with Gasteiger partial charge in [-0.3, -0.25) is 19.5 Å². The molecule has 0 fully saturated rings. The first-order valence-electron chi connectivity index (χ1n) is 13.6. The molecule has 39 heavy (non-hydrogen) atoms. The van der Waals surface area contributed by atoms with E-state index in [9.17, 15) is 9.59 Å². The van der Waals surface area contributed by atoms with E-state index >= 15 is 0 Å². The molecule has 9 nitrogen and oxygen atoms in total. The number of aromatic nitrogens is 4. The SMILES string of the molecule is CC(=O)N1CCCN(Cc2ccccn2)CCCN(C(=O)CCn2nnc3ccccc32)Cc2ccccc21. The van der Waals surface area contributed by atoms with Gasteiger partial charge in [0.25, 0.3) is 0 Å². The van der Waals surface area contributed by atoms with Crippen molar-refractivity contribution in [2.75, 3.05) is 31.1 Å². The molecule has 9 heteroatoms. The number of pyridine rings is 1. The topological polar surface area (TPSA) is 87.5 Å². The van der Waals surface area contributed by atoms with E-state index in [-0.39, 0.29) is 11.8 Å². The van der Waals surface area contributed by atoms with E-state index in [2.05, 4.69) is 20.2 Å². The molecular weight excluding hydrogens is 490 g/mol. The minimum Gasteiger partial charge on any atom is -0.338 e. The third-order valence-corrected chi connectivity index (χ3v) is 7.20. The van der Waals surface area contributed by atoms with Crippen molar-refractivity contribution in [3.63, 3.8) is 0 Å². The number of benzene rings is 2. The van der Waals surface area contributed by atoms with Gasteiger partial charge in [0.05, 0.1) is 17.8 Å². The smallest absolute Gasteiger partial charge is 0.224 e. The minimum absolute atomic E-state index is 0.00622. The number of rotatable bonds is 5. The zero-order valence-electron chi connectivity index (χ0n) is 22.4. The zero-order valence-corrected chi connectivity index (χ0v) is 22.4. The molecule has 0 N–H and O–H groups in total. The Bertz CT molecular complexity index is 1400. The highest BCUT2D eigenvalue weighted by Gasteiger charge is 2.22. The van der Waals surface area contributed by atoms with Crippen LogP contribution < -0.4 is 4.90 Å². The summed E-state index contributed by atoms with van der Waals surface area (Å²) in [4.78, 5) is 37.0. The maximum absolute atomic E-state index is 13.6. The van der Waals surface area contributed by atoms with E-state index in [4.69, 9.17) is 0 Å². The lowest BCUT2D eigenvalue weighted by molar-refractivity contribution is -0.132. The van der Waals surface area contributed by atoms with Crippen LogP contribution in [0.1, 0.15) is 37.4 Å². The molecule has 0 radical (unpaired) electrons. The van der Waals surface area contributed by atoms with Gasteiger partial charge in [0.15, 0.2) is 0 Å². The van der Waals surface area contributed by atoms with Crippen LogP contribution in [0.2, 0.25) is 0 Å². The number of nitrogens with zero attached hydrogens (tertiary/aromatic N) is 7. The molecule has 3 heterocycles. The third-order valence-electron chi connectivity index (χ3n) is 7.20. The Kier molecular flexibility index (Phi) is 8.58. The van der Waals surface area contributed by atoms with Crippen molar-refractivity contribution in [3.05, 3.63) is 84.2 Å². The van der Waals surface area contributed by atoms with Gasteiger partial charge in [-0.25, -0.2) is 4.68 Å². The Hall–Kier alpha value is -4.11. The molecule has 4 aromatic rings. The first kappa shape index (κ1) is 26.5. The highest BCUT2D eigenvalue weighted by molar-refractivity contribution is 5.92. The van der Waals surface area contributed by atoms with Gasteiger partial charge in [0, 0.05) is 64.5 Å². The number of hydrogen-bond donors (Lipinski definition) is 0. The van der Waals surface area contributed by atoms with Gasteiger partial charge in [0.2, 0.25) is 11.8 Å². The number of carbonyl (C=O) groups excluding carboxylic acids is 2. The van der Waals surface area contributed by atoms with Crippen LogP contribution in [0.4, 0.5) is 5.69 Å². The average Bonchev–Trinajstić information content (AvgIpc) is 3.36. The van der Waals surface area contributed by atoms with Crippen LogP contribution in [0.25, 0.3) is 11.0 Å². The summed E-state index contributed by atoms with van der Waals surface area (Å²) in [5.74, 6) is 0.0683. The normalized spacial score (nSPS) is 15.4. The summed E-state index contributed by atoms with van der Waals surface area (Å²) in [5, 5.41) is 8.47. The highest BCUT2D eigenvalue weighted by atomic mass is 16.2. The van der Waals surface area contributed by atoms with Crippen molar-refractivity contribution in [2.24, 2.45) is 0 Å². The van der Waals surface area contributed by atoms with Gasteiger partial charge < -0.3 is 9.80 Å². The fourth-order valence-corrected chi connectivity index (χ4v) is 5.22. The van der Waals surface area contributed by atoms with E-state index in [0.29, 0.717) is 32.6 Å². The number of aryl methyl sites for hydroxylation is 1. The van der Waals surface area contributed by atoms with Crippen LogP contribution in [-0.4, -0.2) is 67.8 Å². The quantitative estimate of drug-likeness (QED) is 0.393. The Morgan fingerprint density at radius 2 is 1.64 bits per heavy atom. The number of amides is 2. The van der Waals surface area contributed by atoms with Crippen molar-refractivity contribution < 1.29 is 9.59 Å². The predicted octanol–water partition coefficient (Wildman–Crippen LogP) is 3.89. The van der Waals surface area contributed by atoms with Crippen LogP contribution in [-0.2, 0) is 29.2 Å². The summed E-state index contributed by atoms with van der Waals surface area (Å²) < 4.78 is 1.80. The van der Waals surface area contributed by atoms with E-state index in [0.717, 1.165) is 60.5 Å². The summed E-state index contributed by atoms with van der Waals surface area (Å²) in [6.45, 7) is 6.21. The molecule has 2 aromatic heterocycles. The standard InChI is InChI=1S/C30H35N7O2/c1-24(38)36-20-9-18-34(23-26-11-6-7-16-31-26)17-8-19-35(22-25-10-2-4-13-28(25)36)30(39)15-21-37-29-14-5-3-12-27(29)32-33-37/h2-7,10-14,16H,8-9,15,17-23H2,1H3. The maximum atomic E-state index is 13.6. The molecule has 202 valence electrons. The van der Waals surface area contributed by atoms with E-state index < -0.39 is 0 Å². The van der Waals surface area contributed by atoms with Gasteiger partial charge in [0.1, 0.15) is 5.52 Å². The number of carbonyl (C=O) groups is 2. The molecule has 2 amide bonds. The fraction of sp³-hybridized carbons (Fsp3) is 0.367. The molecule has 0 aliphatic carbocycles. The van der Waals surface area contributed by atoms with Crippen LogP contribution >= 0.6 is 0 Å². The first-order valence-corrected chi connectivity index (χ1v) is 13.6. The summed E-state index contributed by atoms with van der Waals surface area (Å²) in [6, 6.07) is 21.7. The Morgan fingerprint density at radius 1 is 0.872 bits per heavy atom. The van der Waals surface area contributed by atoms with Crippen molar-refractivity contribution in [2.45, 2.75) is 45.8 Å². The van der Waals surface area contributed by atoms with Crippen LogP contribution in [0.15, 0.2) is 72.9 Å². The summed E-state index contributed by atoms with van der Waals surface area (Å²) in [6.07, 6.45) is 3.85. The zero-order chi connectivity index (χ0) is 27.0. The molecular formula is C30H35N7O2. The molecule has 0 unspecified atom stereocenters. The number of fused-ring (bicyclic) bond motifs is 2. The average molecular weight is 526 g/mol. The lowest BCUT2D eigenvalue weighted by Crippen LogP contribution is -2.38. The second-order valence-electron chi connectivity index (χ2n) is 9.97. The highest BCUT2D eigenvalue weighted by Crippen LogP contribution is 2.24. The molecule has 1 aliphatic heterocycles. The predicted molar refractivity (Wildman–Crippen MR) is 151 cm³/mol. The largest absolute Gasteiger partial charge is 0.338 e. The third kappa shape index (κ3) is 6.67. The van der Waals surface area contributed by atoms with Gasteiger partial charge in [-0.15, -0.1) is 5.10 Å². The van der Waals surface area contributed by atoms with Gasteiger partial charge in [-0.05, 0) is 48.7 Å². The second kappa shape index (κ2) is 12.6. The van der Waals surface area contributed by atoms with E-state index in [1.165, 1.54) is 0 Å². The van der Waals surface area contributed by atoms with E-state index in [1.54, 1.807) is 11.6 Å². The van der Waals surface area contributed by atoms with Gasteiger partial charge in [-0.2, -0.15) is 0 Å². The van der Waals surface area contributed by atoms with Crippen molar-refractivity contribution in [1.29, 1.82) is 0 Å². The first-order chi connectivity index (χ1) is 19.1. The minimum atomic E-state index is 0.00622. The van der Waals surface area contributed by atoms with Gasteiger partial charge in [-0.1, -0.05) is 41.6 Å². The Morgan fingerprint density at radius 3 is 2.46 bits per heavy atom. The maximum Gasteiger partial charge on any atom is 0.224 e. The van der Waals surface area contributed by atoms with Crippen molar-refractivity contribution in [1.82, 2.24) is 29.8 Å². The summed E-state index contributed by atoms with van der Waals surface area (Å²) in [5.41, 5.74) is 4.63. The molecule has 1 aliphatic rings. The Labute approximate surface area is 229 Å². The number of anilines is 1.